The number of carbonyl (C=O) groups excluding carboxylic acids is 1. The molecule has 0 aliphatic heterocycles. The molecule has 0 unspecified atom stereocenters. The molecule has 5 nitrogen and oxygen atoms in total. The van der Waals surface area contributed by atoms with Crippen molar-refractivity contribution in [1.29, 1.82) is 0 Å². The molecule has 2 heterocycles. The minimum Gasteiger partial charge on any atom is -0.512 e. The molecule has 2 aromatic heterocycles. The van der Waals surface area contributed by atoms with Crippen molar-refractivity contribution in [2.75, 3.05) is 0 Å². The summed E-state index contributed by atoms with van der Waals surface area (Å²) in [6, 6.07) is 19.1. The molecule has 295 valence electrons. The Morgan fingerprint density at radius 1 is 0.873 bits per heavy atom. The van der Waals surface area contributed by atoms with Crippen LogP contribution in [0, 0.1) is 36.5 Å². The molecule has 6 rings (SSSR count). The van der Waals surface area contributed by atoms with Crippen LogP contribution in [0.3, 0.4) is 0 Å². The zero-order valence-electron chi connectivity index (χ0n) is 43.1. The third-order valence-corrected chi connectivity index (χ3v) is 11.2. The summed E-state index contributed by atoms with van der Waals surface area (Å²) in [5, 5.41) is 13.8. The van der Waals surface area contributed by atoms with E-state index in [1.54, 1.807) is 24.3 Å². The van der Waals surface area contributed by atoms with Gasteiger partial charge in [-0.25, -0.2) is 4.98 Å². The summed E-state index contributed by atoms with van der Waals surface area (Å²) < 4.78 is 79.8. The monoisotopic (exact) mass is 927 g/mol. The van der Waals surface area contributed by atoms with Gasteiger partial charge >= 0.3 is 0 Å². The molecular weight excluding hydrogens is 857 g/mol. The molecule has 0 aliphatic rings. The molecule has 0 bridgehead atoms. The summed E-state index contributed by atoms with van der Waals surface area (Å²) in [6.07, 6.45) is 1.30. The fourth-order valence-electron chi connectivity index (χ4n) is 6.63. The number of carbonyl (C=O) groups is 1. The molecule has 0 saturated heterocycles. The predicted octanol–water partition coefficient (Wildman–Crippen LogP) is 13.9. The number of aromatic nitrogens is 2. The number of furan rings is 1. The predicted molar refractivity (Wildman–Crippen MR) is 228 cm³/mol. The Hall–Kier alpha value is -3.86. The normalized spacial score (nSPS) is 16.0. The van der Waals surface area contributed by atoms with E-state index in [4.69, 9.17) is 16.8 Å². The molecule has 0 atom stereocenters. The van der Waals surface area contributed by atoms with Crippen molar-refractivity contribution >= 4 is 49.4 Å². The van der Waals surface area contributed by atoms with E-state index in [0.29, 0.717) is 51.4 Å². The van der Waals surface area contributed by atoms with Crippen LogP contribution in [0.25, 0.3) is 54.9 Å². The van der Waals surface area contributed by atoms with E-state index in [0.717, 1.165) is 34.6 Å². The number of aliphatic hydroxyl groups is 1. The van der Waals surface area contributed by atoms with Crippen LogP contribution >= 0.6 is 0 Å². The van der Waals surface area contributed by atoms with E-state index in [9.17, 15) is 9.90 Å². The van der Waals surface area contributed by atoms with Gasteiger partial charge in [0, 0.05) is 58.7 Å². The van der Waals surface area contributed by atoms with Gasteiger partial charge in [-0.2, -0.15) is 0 Å². The topological polar surface area (TPSA) is 76.2 Å². The van der Waals surface area contributed by atoms with Gasteiger partial charge in [0.15, 0.2) is 5.78 Å². The molecule has 55 heavy (non-hydrogen) atoms. The standard InChI is InChI=1S/C34H33N2O.C15H28O2.Ir/c1-19(2)14-22-9-12-26-23(16-22)11-13-27-31-33(37-32(26)27)30(35-21(4)36-31)25-17-24-10-8-20(3)15-28(24)29(18-25)34(5,6)7;1-7-14(5,8-2)12(16)11-13(17)15(6,9-3)10-4;/h8-13,15-16,18-19H,14H2,1-7H3;11,16H,7-10H2,1-6H3;/q-1;;/b;12-11-;/i3D3,4D3,14D2;11D;. The number of allylic oxidation sites excluding steroid dienone is 2. The Kier molecular flexibility index (Phi) is 10.0. The Morgan fingerprint density at radius 3 is 2.15 bits per heavy atom. The zero-order chi connectivity index (χ0) is 47.4. The van der Waals surface area contributed by atoms with Gasteiger partial charge in [0.1, 0.15) is 28.3 Å². The first-order valence-electron chi connectivity index (χ1n) is 23.6. The maximum Gasteiger partial charge on any atom is 0.164 e. The van der Waals surface area contributed by atoms with Gasteiger partial charge in [-0.15, -0.1) is 29.1 Å². The fraction of sp³-hybridized carbons (Fsp3) is 0.449. The SMILES string of the molecule is [2H]/C(C(=O)C(C)(CC)CC)=C(/O)C(C)(CC)CC.[2H]C([2H])([2H])c1ccc2[c-]c(-c3nc(C([2H])([2H])[2H])nc4c3oc3c5ccc(C([2H])([2H])C(C)C)cc5ccc43)cc(C(C)(C)C)c2c1.[Ir]. The minimum absolute atomic E-state index is 0. The van der Waals surface area contributed by atoms with Gasteiger partial charge in [0.05, 0.1) is 7.06 Å². The van der Waals surface area contributed by atoms with Crippen LogP contribution in [0.5, 0.6) is 0 Å². The number of ketones is 1. The molecule has 0 aliphatic carbocycles. The molecule has 1 N–H and O–H groups in total. The number of nitrogens with zero attached hydrogens (tertiary/aromatic N) is 2. The van der Waals surface area contributed by atoms with E-state index in [1.165, 1.54) is 0 Å². The summed E-state index contributed by atoms with van der Waals surface area (Å²) in [4.78, 5) is 21.3. The minimum atomic E-state index is -2.60. The average Bonchev–Trinajstić information content (AvgIpc) is 3.62. The second kappa shape index (κ2) is 17.1. The van der Waals surface area contributed by atoms with Crippen LogP contribution in [-0.4, -0.2) is 20.9 Å². The van der Waals surface area contributed by atoms with Crippen LogP contribution in [0.2, 0.25) is 0 Å². The van der Waals surface area contributed by atoms with Crippen LogP contribution in [0.15, 0.2) is 70.8 Å². The number of hydrogen-bond donors (Lipinski definition) is 1. The van der Waals surface area contributed by atoms with E-state index in [1.807, 2.05) is 106 Å². The van der Waals surface area contributed by atoms with Crippen molar-refractivity contribution in [3.63, 3.8) is 0 Å². The number of aliphatic hydroxyl groups excluding tert-OH is 1. The van der Waals surface area contributed by atoms with Crippen molar-refractivity contribution in [3.05, 3.63) is 95.0 Å². The Morgan fingerprint density at radius 2 is 1.55 bits per heavy atom. The molecule has 1 radical (unpaired) electrons. The quantitative estimate of drug-likeness (QED) is 0.0841. The van der Waals surface area contributed by atoms with Crippen molar-refractivity contribution in [1.82, 2.24) is 9.97 Å². The first-order chi connectivity index (χ1) is 29.0. The molecule has 6 heteroatoms. The third kappa shape index (κ3) is 9.08. The van der Waals surface area contributed by atoms with Crippen molar-refractivity contribution in [3.8, 4) is 11.3 Å². The molecule has 0 fully saturated rings. The summed E-state index contributed by atoms with van der Waals surface area (Å²) in [5.41, 5.74) is 2.18. The van der Waals surface area contributed by atoms with Crippen LogP contribution in [0.1, 0.15) is 137 Å². The van der Waals surface area contributed by atoms with Crippen LogP contribution < -0.4 is 0 Å². The maximum atomic E-state index is 12.3. The molecule has 0 spiro atoms. The fourth-order valence-corrected chi connectivity index (χ4v) is 6.63. The average molecular weight is 927 g/mol. The number of aryl methyl sites for hydroxylation is 2. The molecule has 6 aromatic rings. The van der Waals surface area contributed by atoms with Gasteiger partial charge in [-0.05, 0) is 74.1 Å². The van der Waals surface area contributed by atoms with Gasteiger partial charge < -0.3 is 9.52 Å². The smallest absolute Gasteiger partial charge is 0.164 e. The summed E-state index contributed by atoms with van der Waals surface area (Å²) in [5.74, 6) is -0.835. The van der Waals surface area contributed by atoms with Crippen molar-refractivity contribution < 1.29 is 46.8 Å². The molecular formula is C49H61IrN2O3-. The Labute approximate surface area is 355 Å². The number of rotatable bonds is 10. The third-order valence-electron chi connectivity index (χ3n) is 11.2. The van der Waals surface area contributed by atoms with E-state index >= 15 is 0 Å². The van der Waals surface area contributed by atoms with Crippen molar-refractivity contribution in [2.45, 2.75) is 127 Å². The van der Waals surface area contributed by atoms with Crippen LogP contribution in [-0.2, 0) is 36.7 Å². The zero-order valence-corrected chi connectivity index (χ0v) is 36.5. The van der Waals surface area contributed by atoms with Crippen molar-refractivity contribution in [2.24, 2.45) is 16.7 Å². The number of hydrogen-bond acceptors (Lipinski definition) is 5. The van der Waals surface area contributed by atoms with Gasteiger partial charge in [0.2, 0.25) is 0 Å². The van der Waals surface area contributed by atoms with Gasteiger partial charge in [-0.3, -0.25) is 9.78 Å². The molecule has 0 amide bonds. The summed E-state index contributed by atoms with van der Waals surface area (Å²) >= 11 is 0. The summed E-state index contributed by atoms with van der Waals surface area (Å²) in [7, 11) is 0. The largest absolute Gasteiger partial charge is 0.512 e. The number of fused-ring (bicyclic) bond motifs is 6. The maximum absolute atomic E-state index is 12.3. The number of benzene rings is 4. The summed E-state index contributed by atoms with van der Waals surface area (Å²) in [6.45, 7) is 16.5. The van der Waals surface area contributed by atoms with E-state index in [2.05, 4.69) is 16.0 Å². The van der Waals surface area contributed by atoms with E-state index in [-0.39, 0.29) is 60.7 Å². The van der Waals surface area contributed by atoms with E-state index < -0.39 is 36.3 Å². The second-order valence-corrected chi connectivity index (χ2v) is 16.3. The van der Waals surface area contributed by atoms with Crippen LogP contribution in [0.4, 0.5) is 0 Å². The second-order valence-electron chi connectivity index (χ2n) is 16.3. The first kappa shape index (κ1) is 32.2. The van der Waals surface area contributed by atoms with Gasteiger partial charge in [-0.1, -0.05) is 129 Å². The Balaban J connectivity index is 0.000000402. The molecule has 0 saturated carbocycles. The molecule has 4 aromatic carbocycles. The Bertz CT molecular complexity index is 2720. The van der Waals surface area contributed by atoms with Gasteiger partial charge in [0.25, 0.3) is 0 Å². The first-order valence-corrected chi connectivity index (χ1v) is 19.1.